The number of hydrogen-bond acceptors (Lipinski definition) is 9. The topological polar surface area (TPSA) is 123 Å². The Balaban J connectivity index is 1.33. The number of aromatic nitrogens is 5. The highest BCUT2D eigenvalue weighted by atomic mass is 32.1. The quantitative estimate of drug-likeness (QED) is 0.420. The van der Waals surface area contributed by atoms with Crippen LogP contribution in [0.5, 0.6) is 0 Å². The molecule has 37 heavy (non-hydrogen) atoms. The van der Waals surface area contributed by atoms with E-state index >= 15 is 0 Å². The van der Waals surface area contributed by atoms with Gasteiger partial charge >= 0.3 is 0 Å². The maximum absolute atomic E-state index is 9.95. The summed E-state index contributed by atoms with van der Waals surface area (Å²) in [6.07, 6.45) is 11.8. The molecule has 2 N–H and O–H groups in total. The SMILES string of the molecule is C[C@@H]([C@@H]1CCCN1C)n1ncc2cnc(-c3noc4c3CCC[C@@]43CCCc4sc(N)c(C#N)c43)nc21. The van der Waals surface area contributed by atoms with E-state index in [9.17, 15) is 5.26 Å². The molecule has 3 aliphatic rings. The maximum Gasteiger partial charge on any atom is 0.184 e. The molecule has 1 aliphatic heterocycles. The minimum absolute atomic E-state index is 0.205. The van der Waals surface area contributed by atoms with E-state index in [0.29, 0.717) is 28.1 Å². The predicted molar refractivity (Wildman–Crippen MR) is 141 cm³/mol. The van der Waals surface area contributed by atoms with Gasteiger partial charge in [-0.25, -0.2) is 14.6 Å². The van der Waals surface area contributed by atoms with Crippen molar-refractivity contribution in [2.75, 3.05) is 19.3 Å². The van der Waals surface area contributed by atoms with Crippen LogP contribution in [0.2, 0.25) is 0 Å². The van der Waals surface area contributed by atoms with Crippen LogP contribution in [-0.4, -0.2) is 49.4 Å². The molecule has 4 aromatic rings. The third-order valence-corrected chi connectivity index (χ3v) is 10.0. The second kappa shape index (κ2) is 8.36. The van der Waals surface area contributed by atoms with Crippen molar-refractivity contribution in [3.05, 3.63) is 39.7 Å². The average Bonchev–Trinajstić information content (AvgIpc) is 3.68. The monoisotopic (exact) mass is 514 g/mol. The summed E-state index contributed by atoms with van der Waals surface area (Å²) >= 11 is 1.56. The predicted octanol–water partition coefficient (Wildman–Crippen LogP) is 4.61. The second-order valence-corrected chi connectivity index (χ2v) is 12.0. The van der Waals surface area contributed by atoms with E-state index in [-0.39, 0.29) is 11.5 Å². The molecule has 1 fully saturated rings. The minimum Gasteiger partial charge on any atom is -0.389 e. The zero-order valence-corrected chi connectivity index (χ0v) is 22.0. The number of nitrogens with zero attached hydrogens (tertiary/aromatic N) is 7. The van der Waals surface area contributed by atoms with E-state index in [2.05, 4.69) is 30.1 Å². The van der Waals surface area contributed by atoms with Crippen molar-refractivity contribution in [1.82, 2.24) is 29.8 Å². The van der Waals surface area contributed by atoms with Crippen molar-refractivity contribution < 1.29 is 4.52 Å². The van der Waals surface area contributed by atoms with Crippen LogP contribution in [-0.2, 0) is 18.3 Å². The zero-order chi connectivity index (χ0) is 25.3. The molecule has 5 heterocycles. The Bertz CT molecular complexity index is 1560. The highest BCUT2D eigenvalue weighted by Gasteiger charge is 2.48. The van der Waals surface area contributed by atoms with Gasteiger partial charge in [-0.3, -0.25) is 0 Å². The van der Waals surface area contributed by atoms with E-state index < -0.39 is 0 Å². The maximum atomic E-state index is 9.95. The fourth-order valence-electron chi connectivity index (χ4n) is 7.17. The van der Waals surface area contributed by atoms with E-state index in [4.69, 9.17) is 25.3 Å². The molecule has 0 amide bonds. The fraction of sp³-hybridized carbons (Fsp3) is 0.519. The van der Waals surface area contributed by atoms with Crippen LogP contribution in [0.1, 0.15) is 78.8 Å². The van der Waals surface area contributed by atoms with Crippen molar-refractivity contribution in [3.8, 4) is 17.6 Å². The summed E-state index contributed by atoms with van der Waals surface area (Å²) < 4.78 is 8.21. The molecule has 3 atom stereocenters. The molecule has 2 aliphatic carbocycles. The molecule has 1 saturated heterocycles. The molecule has 0 bridgehead atoms. The van der Waals surface area contributed by atoms with Crippen LogP contribution < -0.4 is 5.73 Å². The lowest BCUT2D eigenvalue weighted by atomic mass is 9.63. The first kappa shape index (κ1) is 22.9. The Morgan fingerprint density at radius 2 is 2.08 bits per heavy atom. The third kappa shape index (κ3) is 3.23. The molecule has 190 valence electrons. The van der Waals surface area contributed by atoms with Gasteiger partial charge in [0.15, 0.2) is 22.9 Å². The van der Waals surface area contributed by atoms with Crippen LogP contribution in [0, 0.1) is 11.3 Å². The lowest BCUT2D eigenvalue weighted by Gasteiger charge is -2.39. The Hall–Kier alpha value is -3.29. The van der Waals surface area contributed by atoms with Crippen molar-refractivity contribution in [2.24, 2.45) is 0 Å². The number of anilines is 1. The number of nitrogens with two attached hydrogens (primary N) is 1. The molecule has 0 unspecified atom stereocenters. The van der Waals surface area contributed by atoms with Crippen LogP contribution in [0.4, 0.5) is 5.00 Å². The molecule has 9 nitrogen and oxygen atoms in total. The van der Waals surface area contributed by atoms with Crippen molar-refractivity contribution in [2.45, 2.75) is 75.8 Å². The summed E-state index contributed by atoms with van der Waals surface area (Å²) in [4.78, 5) is 13.3. The molecule has 0 aromatic carbocycles. The summed E-state index contributed by atoms with van der Waals surface area (Å²) in [5.41, 5.74) is 10.3. The van der Waals surface area contributed by atoms with Crippen LogP contribution >= 0.6 is 11.3 Å². The van der Waals surface area contributed by atoms with Gasteiger partial charge in [-0.05, 0) is 77.4 Å². The first-order valence-electron chi connectivity index (χ1n) is 13.2. The van der Waals surface area contributed by atoms with Gasteiger partial charge in [0.1, 0.15) is 11.1 Å². The van der Waals surface area contributed by atoms with Gasteiger partial charge in [0.2, 0.25) is 0 Å². The zero-order valence-electron chi connectivity index (χ0n) is 21.2. The molecule has 4 aromatic heterocycles. The molecular formula is C27H30N8OS. The Morgan fingerprint density at radius 1 is 1.24 bits per heavy atom. The van der Waals surface area contributed by atoms with Gasteiger partial charge in [0.25, 0.3) is 0 Å². The van der Waals surface area contributed by atoms with Crippen molar-refractivity contribution in [1.29, 1.82) is 5.26 Å². The first-order chi connectivity index (χ1) is 18.0. The largest absolute Gasteiger partial charge is 0.389 e. The third-order valence-electron chi connectivity index (χ3n) is 8.92. The number of rotatable bonds is 3. The smallest absolute Gasteiger partial charge is 0.184 e. The number of thiophene rings is 1. The molecule has 0 saturated carbocycles. The van der Waals surface area contributed by atoms with Gasteiger partial charge in [0, 0.05) is 22.7 Å². The van der Waals surface area contributed by atoms with E-state index in [0.717, 1.165) is 79.4 Å². The summed E-state index contributed by atoms with van der Waals surface area (Å²) in [5.74, 6) is 1.45. The van der Waals surface area contributed by atoms with E-state index in [1.54, 1.807) is 11.3 Å². The molecular weight excluding hydrogens is 484 g/mol. The number of aryl methyl sites for hydroxylation is 1. The minimum atomic E-state index is -0.348. The molecule has 1 spiro atoms. The summed E-state index contributed by atoms with van der Waals surface area (Å²) in [7, 11) is 2.19. The van der Waals surface area contributed by atoms with Gasteiger partial charge in [-0.1, -0.05) is 5.16 Å². The highest BCUT2D eigenvalue weighted by molar-refractivity contribution is 7.16. The van der Waals surface area contributed by atoms with Crippen LogP contribution in [0.15, 0.2) is 16.9 Å². The first-order valence-corrected chi connectivity index (χ1v) is 14.0. The summed E-state index contributed by atoms with van der Waals surface area (Å²) in [5, 5.41) is 20.8. The highest BCUT2D eigenvalue weighted by Crippen LogP contribution is 2.55. The summed E-state index contributed by atoms with van der Waals surface area (Å²) in [6.45, 7) is 3.34. The lowest BCUT2D eigenvalue weighted by Crippen LogP contribution is -2.35. The van der Waals surface area contributed by atoms with Gasteiger partial charge in [-0.2, -0.15) is 10.4 Å². The van der Waals surface area contributed by atoms with E-state index in [1.165, 1.54) is 11.3 Å². The average molecular weight is 515 g/mol. The van der Waals surface area contributed by atoms with Crippen molar-refractivity contribution >= 4 is 27.4 Å². The normalized spacial score (nSPS) is 24.3. The number of nitrogen functional groups attached to an aromatic ring is 1. The van der Waals surface area contributed by atoms with E-state index in [1.807, 2.05) is 17.1 Å². The molecule has 7 rings (SSSR count). The van der Waals surface area contributed by atoms with Crippen LogP contribution in [0.25, 0.3) is 22.6 Å². The Morgan fingerprint density at radius 3 is 2.86 bits per heavy atom. The Kier molecular flexibility index (Phi) is 5.17. The van der Waals surface area contributed by atoms with Gasteiger partial charge < -0.3 is 15.2 Å². The summed E-state index contributed by atoms with van der Waals surface area (Å²) in [6, 6.07) is 3.03. The fourth-order valence-corrected chi connectivity index (χ4v) is 8.33. The number of likely N-dealkylation sites (N-methyl/N-ethyl adjacent to an activating group) is 1. The van der Waals surface area contributed by atoms with Crippen molar-refractivity contribution in [3.63, 3.8) is 0 Å². The van der Waals surface area contributed by atoms with Gasteiger partial charge in [-0.15, -0.1) is 11.3 Å². The van der Waals surface area contributed by atoms with Crippen LogP contribution in [0.3, 0.4) is 0 Å². The Labute approximate surface area is 219 Å². The molecule has 0 radical (unpaired) electrons. The number of fused-ring (bicyclic) bond motifs is 5. The number of nitriles is 1. The number of likely N-dealkylation sites (tertiary alicyclic amines) is 1. The second-order valence-electron chi connectivity index (χ2n) is 10.9. The molecule has 10 heteroatoms. The standard InChI is InChI=1S/C27H30N8OS/c1-15(19-7-5-11-34(19)2)35-26-16(14-31-35)13-30-25(32-26)22-17-6-3-9-27(23(17)36-33-22)10-4-8-20-21(27)18(12-28)24(29)37-20/h13-15,19H,3-11,29H2,1-2H3/t15-,19-,27-/m0/s1. The van der Waals surface area contributed by atoms with Gasteiger partial charge in [0.05, 0.1) is 28.6 Å². The lowest BCUT2D eigenvalue weighted by molar-refractivity contribution is 0.232. The number of hydrogen-bond donors (Lipinski definition) is 1.